The molecule has 0 aliphatic carbocycles. The number of fused-ring (bicyclic) bond motifs is 1. The molecular formula is C17H16N4O6S2. The third-order valence-electron chi connectivity index (χ3n) is 3.83. The van der Waals surface area contributed by atoms with Gasteiger partial charge in [-0.25, -0.2) is 22.0 Å². The number of hydrogen-bond acceptors (Lipinski definition) is 8. The summed E-state index contributed by atoms with van der Waals surface area (Å²) in [7, 11) is -7.61. The van der Waals surface area contributed by atoms with E-state index in [9.17, 15) is 27.0 Å². The van der Waals surface area contributed by atoms with E-state index in [0.717, 1.165) is 18.4 Å². The van der Waals surface area contributed by atoms with E-state index in [1.54, 1.807) is 18.2 Å². The smallest absolute Gasteiger partial charge is 0.238 e. The number of phenols is 2. The van der Waals surface area contributed by atoms with Crippen molar-refractivity contribution in [3.05, 3.63) is 48.5 Å². The van der Waals surface area contributed by atoms with Crippen molar-refractivity contribution in [2.45, 2.75) is 4.90 Å². The van der Waals surface area contributed by atoms with E-state index in [1.807, 2.05) is 0 Å². The Hall–Kier alpha value is -3.22. The topological polar surface area (TPSA) is 172 Å². The lowest BCUT2D eigenvalue weighted by atomic mass is 10.1. The molecule has 3 aromatic rings. The second-order valence-electron chi connectivity index (χ2n) is 6.11. The predicted octanol–water partition coefficient (Wildman–Crippen LogP) is 2.69. The Balaban J connectivity index is 2.14. The molecule has 0 aromatic heterocycles. The van der Waals surface area contributed by atoms with E-state index in [4.69, 9.17) is 5.14 Å². The third kappa shape index (κ3) is 4.62. The molecule has 10 nitrogen and oxygen atoms in total. The fourth-order valence-electron chi connectivity index (χ4n) is 2.60. The Kier molecular flexibility index (Phi) is 5.17. The van der Waals surface area contributed by atoms with Crippen molar-refractivity contribution in [1.82, 2.24) is 0 Å². The molecule has 5 N–H and O–H groups in total. The Morgan fingerprint density at radius 1 is 0.931 bits per heavy atom. The Morgan fingerprint density at radius 2 is 1.66 bits per heavy atom. The maximum absolute atomic E-state index is 11.7. The van der Waals surface area contributed by atoms with Crippen LogP contribution in [-0.2, 0) is 20.0 Å². The second-order valence-corrected chi connectivity index (χ2v) is 9.42. The summed E-state index contributed by atoms with van der Waals surface area (Å²) in [5.74, 6) is -0.765. The number of aromatic hydroxyl groups is 2. The van der Waals surface area contributed by atoms with Gasteiger partial charge < -0.3 is 10.2 Å². The van der Waals surface area contributed by atoms with Gasteiger partial charge in [-0.05, 0) is 29.7 Å². The summed E-state index contributed by atoms with van der Waals surface area (Å²) in [6.45, 7) is 0. The Labute approximate surface area is 166 Å². The molecule has 0 radical (unpaired) electrons. The average Bonchev–Trinajstić information content (AvgIpc) is 2.60. The van der Waals surface area contributed by atoms with Gasteiger partial charge in [0.05, 0.1) is 16.8 Å². The number of anilines is 1. The van der Waals surface area contributed by atoms with Crippen molar-refractivity contribution in [2.75, 3.05) is 11.0 Å². The molecule has 0 saturated carbocycles. The van der Waals surface area contributed by atoms with Crippen molar-refractivity contribution < 1.29 is 27.0 Å². The Bertz CT molecular complexity index is 1350. The van der Waals surface area contributed by atoms with Crippen LogP contribution in [-0.4, -0.2) is 33.3 Å². The summed E-state index contributed by atoms with van der Waals surface area (Å²) >= 11 is 0. The van der Waals surface area contributed by atoms with Gasteiger partial charge in [-0.2, -0.15) is 0 Å². The van der Waals surface area contributed by atoms with E-state index in [0.29, 0.717) is 10.8 Å². The van der Waals surface area contributed by atoms with Crippen LogP contribution < -0.4 is 9.86 Å². The number of primary sulfonamides is 1. The molecule has 0 unspecified atom stereocenters. The minimum Gasteiger partial charge on any atom is -0.506 e. The first kappa shape index (κ1) is 20.5. The van der Waals surface area contributed by atoms with E-state index in [1.165, 1.54) is 18.2 Å². The number of benzene rings is 3. The molecular weight excluding hydrogens is 420 g/mol. The molecule has 0 atom stereocenters. The molecule has 0 spiro atoms. The van der Waals surface area contributed by atoms with Crippen LogP contribution in [0, 0.1) is 0 Å². The van der Waals surface area contributed by atoms with Crippen molar-refractivity contribution in [2.24, 2.45) is 15.4 Å². The van der Waals surface area contributed by atoms with Crippen molar-refractivity contribution in [1.29, 1.82) is 0 Å². The van der Waals surface area contributed by atoms with Crippen molar-refractivity contribution in [3.63, 3.8) is 0 Å². The normalized spacial score (nSPS) is 12.5. The van der Waals surface area contributed by atoms with Gasteiger partial charge in [-0.3, -0.25) is 4.72 Å². The summed E-state index contributed by atoms with van der Waals surface area (Å²) in [5, 5.41) is 33.9. The van der Waals surface area contributed by atoms with Gasteiger partial charge in [0, 0.05) is 11.5 Å². The fraction of sp³-hybridized carbons (Fsp3) is 0.0588. The molecule has 0 aliphatic rings. The molecule has 0 bridgehead atoms. The minimum atomic E-state index is -4.01. The monoisotopic (exact) mass is 436 g/mol. The van der Waals surface area contributed by atoms with E-state index >= 15 is 0 Å². The van der Waals surface area contributed by atoms with Gasteiger partial charge in [0.15, 0.2) is 0 Å². The van der Waals surface area contributed by atoms with Gasteiger partial charge >= 0.3 is 0 Å². The summed E-state index contributed by atoms with van der Waals surface area (Å²) in [6, 6.07) is 11.0. The predicted molar refractivity (Wildman–Crippen MR) is 108 cm³/mol. The van der Waals surface area contributed by atoms with E-state index < -0.39 is 25.8 Å². The molecule has 3 rings (SSSR count). The first-order valence-corrected chi connectivity index (χ1v) is 11.4. The van der Waals surface area contributed by atoms with Gasteiger partial charge in [0.2, 0.25) is 20.0 Å². The maximum atomic E-state index is 11.7. The zero-order chi connectivity index (χ0) is 21.4. The molecule has 0 fully saturated rings. The maximum Gasteiger partial charge on any atom is 0.238 e. The lowest BCUT2D eigenvalue weighted by molar-refractivity contribution is 0.473. The number of sulfonamides is 2. The number of rotatable bonds is 5. The number of hydrogen-bond donors (Lipinski definition) is 4. The highest BCUT2D eigenvalue weighted by atomic mass is 32.2. The van der Waals surface area contributed by atoms with E-state index in [2.05, 4.69) is 15.0 Å². The first-order valence-electron chi connectivity index (χ1n) is 7.96. The number of nitrogens with two attached hydrogens (primary N) is 1. The van der Waals surface area contributed by atoms with Crippen LogP contribution in [0.4, 0.5) is 17.1 Å². The fourth-order valence-corrected chi connectivity index (χ4v) is 3.71. The Morgan fingerprint density at radius 3 is 2.28 bits per heavy atom. The molecule has 0 saturated heterocycles. The summed E-state index contributed by atoms with van der Waals surface area (Å²) < 4.78 is 48.4. The van der Waals surface area contributed by atoms with Crippen LogP contribution >= 0.6 is 0 Å². The van der Waals surface area contributed by atoms with Gasteiger partial charge in [0.25, 0.3) is 0 Å². The van der Waals surface area contributed by atoms with Gasteiger partial charge in [-0.15, -0.1) is 10.2 Å². The second kappa shape index (κ2) is 7.31. The average molecular weight is 436 g/mol. The molecule has 0 heterocycles. The van der Waals surface area contributed by atoms with Crippen LogP contribution in [0.25, 0.3) is 10.8 Å². The lowest BCUT2D eigenvalue weighted by Crippen LogP contribution is -2.11. The standard InChI is InChI=1S/C17H16N4O6S2/c1-28(24,25)21-13-4-2-3-10-5-8-14(22)17(16(10)13)20-19-12-7-6-11(9-15(12)23)29(18,26)27/h2-9,21-23H,1H3,(H2,18,26,27). The molecule has 152 valence electrons. The van der Waals surface area contributed by atoms with Crippen molar-refractivity contribution >= 4 is 47.9 Å². The van der Waals surface area contributed by atoms with Gasteiger partial charge in [0.1, 0.15) is 22.9 Å². The summed E-state index contributed by atoms with van der Waals surface area (Å²) in [5.41, 5.74) is 0.0650. The summed E-state index contributed by atoms with van der Waals surface area (Å²) in [6.07, 6.45) is 0.987. The molecule has 0 amide bonds. The van der Waals surface area contributed by atoms with Crippen LogP contribution in [0.5, 0.6) is 11.5 Å². The SMILES string of the molecule is CS(=O)(=O)Nc1cccc2ccc(O)c(N=Nc3ccc(S(N)(=O)=O)cc3O)c12. The number of nitrogens with zero attached hydrogens (tertiary/aromatic N) is 2. The zero-order valence-electron chi connectivity index (χ0n) is 14.9. The molecule has 29 heavy (non-hydrogen) atoms. The highest BCUT2D eigenvalue weighted by molar-refractivity contribution is 7.92. The van der Waals surface area contributed by atoms with Crippen molar-refractivity contribution in [3.8, 4) is 11.5 Å². The number of phenolic OH excluding ortho intramolecular Hbond substituents is 2. The highest BCUT2D eigenvalue weighted by Gasteiger charge is 2.15. The van der Waals surface area contributed by atoms with Crippen LogP contribution in [0.3, 0.4) is 0 Å². The van der Waals surface area contributed by atoms with Crippen LogP contribution in [0.15, 0.2) is 63.7 Å². The number of azo groups is 1. The minimum absolute atomic E-state index is 0.0378. The quantitative estimate of drug-likeness (QED) is 0.448. The highest BCUT2D eigenvalue weighted by Crippen LogP contribution is 2.41. The molecule has 3 aromatic carbocycles. The van der Waals surface area contributed by atoms with E-state index in [-0.39, 0.29) is 27.7 Å². The summed E-state index contributed by atoms with van der Waals surface area (Å²) in [4.78, 5) is -0.304. The lowest BCUT2D eigenvalue weighted by Gasteiger charge is -2.11. The first-order chi connectivity index (χ1) is 13.5. The van der Waals surface area contributed by atoms with Gasteiger partial charge in [-0.1, -0.05) is 18.2 Å². The third-order valence-corrected chi connectivity index (χ3v) is 5.33. The van der Waals surface area contributed by atoms with Crippen LogP contribution in [0.2, 0.25) is 0 Å². The number of nitrogens with one attached hydrogen (secondary N) is 1. The zero-order valence-corrected chi connectivity index (χ0v) is 16.6. The molecule has 12 heteroatoms. The largest absolute Gasteiger partial charge is 0.506 e. The molecule has 0 aliphatic heterocycles. The van der Waals surface area contributed by atoms with Crippen LogP contribution in [0.1, 0.15) is 0 Å².